The van der Waals surface area contributed by atoms with E-state index in [2.05, 4.69) is 15.7 Å². The number of nitrogens with zero attached hydrogens (tertiary/aromatic N) is 3. The van der Waals surface area contributed by atoms with Crippen LogP contribution in [0.4, 0.5) is 5.69 Å². The average molecular weight is 263 g/mol. The smallest absolute Gasteiger partial charge is 0.249 e. The monoisotopic (exact) mass is 263 g/mol. The molecule has 0 aromatic carbocycles. The van der Waals surface area contributed by atoms with E-state index in [-0.39, 0.29) is 17.7 Å². The number of nitrogens with one attached hydrogen (secondary N) is 2. The molecule has 7 heteroatoms. The van der Waals surface area contributed by atoms with E-state index in [9.17, 15) is 9.59 Å². The Bertz CT molecular complexity index is 508. The molecular formula is C12H17N5O2. The minimum absolute atomic E-state index is 0.0141. The molecule has 1 aromatic rings. The second kappa shape index (κ2) is 4.65. The minimum atomic E-state index is -0.395. The Balaban J connectivity index is 1.63. The first-order chi connectivity index (χ1) is 9.15. The first-order valence-electron chi connectivity index (χ1n) is 6.46. The fourth-order valence-corrected chi connectivity index (χ4v) is 2.38. The van der Waals surface area contributed by atoms with Gasteiger partial charge in [0.25, 0.3) is 0 Å². The SMILES string of the molecule is Cn1cc(N2CCC(NC(=O)C3CNC3)C2=O)cn1. The Morgan fingerprint density at radius 2 is 2.32 bits per heavy atom. The number of anilines is 1. The molecule has 1 unspecified atom stereocenters. The fourth-order valence-electron chi connectivity index (χ4n) is 2.38. The van der Waals surface area contributed by atoms with E-state index in [0.717, 1.165) is 5.69 Å². The van der Waals surface area contributed by atoms with E-state index >= 15 is 0 Å². The molecule has 0 radical (unpaired) electrons. The second-order valence-corrected chi connectivity index (χ2v) is 5.07. The lowest BCUT2D eigenvalue weighted by Gasteiger charge is -2.27. The normalized spacial score (nSPS) is 23.5. The van der Waals surface area contributed by atoms with Crippen LogP contribution in [-0.4, -0.2) is 47.3 Å². The van der Waals surface area contributed by atoms with Gasteiger partial charge in [-0.15, -0.1) is 0 Å². The van der Waals surface area contributed by atoms with Gasteiger partial charge in [0, 0.05) is 32.9 Å². The summed E-state index contributed by atoms with van der Waals surface area (Å²) in [6, 6.07) is -0.395. The molecule has 0 saturated carbocycles. The lowest BCUT2D eigenvalue weighted by atomic mass is 10.0. The standard InChI is InChI=1S/C12H17N5O2/c1-16-7-9(6-14-16)17-3-2-10(12(17)19)15-11(18)8-4-13-5-8/h6-8,10,13H,2-5H2,1H3,(H,15,18). The van der Waals surface area contributed by atoms with Crippen molar-refractivity contribution in [1.29, 1.82) is 0 Å². The van der Waals surface area contributed by atoms with Crippen molar-refractivity contribution in [3.63, 3.8) is 0 Å². The maximum absolute atomic E-state index is 12.2. The number of amides is 2. The Hall–Kier alpha value is -1.89. The summed E-state index contributed by atoms with van der Waals surface area (Å²) in [5.41, 5.74) is 0.787. The number of hydrogen-bond acceptors (Lipinski definition) is 4. The molecule has 102 valence electrons. The average Bonchev–Trinajstić information content (AvgIpc) is 2.84. The minimum Gasteiger partial charge on any atom is -0.344 e. The lowest BCUT2D eigenvalue weighted by molar-refractivity contribution is -0.130. The molecule has 2 saturated heterocycles. The van der Waals surface area contributed by atoms with Gasteiger partial charge in [0.1, 0.15) is 6.04 Å². The molecule has 2 aliphatic rings. The fraction of sp³-hybridized carbons (Fsp3) is 0.583. The molecule has 2 amide bonds. The first-order valence-corrected chi connectivity index (χ1v) is 6.46. The molecule has 0 spiro atoms. The van der Waals surface area contributed by atoms with Crippen LogP contribution in [0.5, 0.6) is 0 Å². The maximum atomic E-state index is 12.2. The third-order valence-corrected chi connectivity index (χ3v) is 3.68. The highest BCUT2D eigenvalue weighted by Gasteiger charge is 2.36. The van der Waals surface area contributed by atoms with Crippen molar-refractivity contribution in [3.8, 4) is 0 Å². The molecule has 2 aliphatic heterocycles. The van der Waals surface area contributed by atoms with E-state index in [1.165, 1.54) is 0 Å². The van der Waals surface area contributed by atoms with Gasteiger partial charge in [-0.05, 0) is 6.42 Å². The third kappa shape index (κ3) is 2.21. The van der Waals surface area contributed by atoms with Gasteiger partial charge >= 0.3 is 0 Å². The van der Waals surface area contributed by atoms with Crippen LogP contribution in [-0.2, 0) is 16.6 Å². The number of aryl methyl sites for hydroxylation is 1. The van der Waals surface area contributed by atoms with Gasteiger partial charge in [0.2, 0.25) is 11.8 Å². The molecule has 1 atom stereocenters. The van der Waals surface area contributed by atoms with Crippen LogP contribution in [0.1, 0.15) is 6.42 Å². The van der Waals surface area contributed by atoms with Crippen LogP contribution < -0.4 is 15.5 Å². The van der Waals surface area contributed by atoms with Gasteiger partial charge in [-0.25, -0.2) is 0 Å². The zero-order chi connectivity index (χ0) is 13.4. The van der Waals surface area contributed by atoms with Crippen LogP contribution in [0.15, 0.2) is 12.4 Å². The van der Waals surface area contributed by atoms with Crippen molar-refractivity contribution in [2.24, 2.45) is 13.0 Å². The van der Waals surface area contributed by atoms with Crippen molar-refractivity contribution < 1.29 is 9.59 Å². The van der Waals surface area contributed by atoms with E-state index in [0.29, 0.717) is 26.1 Å². The zero-order valence-corrected chi connectivity index (χ0v) is 10.8. The van der Waals surface area contributed by atoms with Gasteiger partial charge in [-0.2, -0.15) is 5.10 Å². The molecule has 2 fully saturated rings. The van der Waals surface area contributed by atoms with Gasteiger partial charge < -0.3 is 15.5 Å². The van der Waals surface area contributed by atoms with E-state index in [1.807, 2.05) is 7.05 Å². The predicted molar refractivity (Wildman–Crippen MR) is 68.5 cm³/mol. The molecule has 0 bridgehead atoms. The van der Waals surface area contributed by atoms with Gasteiger partial charge in [-0.1, -0.05) is 0 Å². The van der Waals surface area contributed by atoms with Gasteiger partial charge in [-0.3, -0.25) is 14.3 Å². The van der Waals surface area contributed by atoms with E-state index < -0.39 is 6.04 Å². The van der Waals surface area contributed by atoms with Crippen molar-refractivity contribution >= 4 is 17.5 Å². The summed E-state index contributed by atoms with van der Waals surface area (Å²) in [6.45, 7) is 2.04. The molecule has 3 rings (SSSR count). The largest absolute Gasteiger partial charge is 0.344 e. The number of carbonyl (C=O) groups excluding carboxylic acids is 2. The summed E-state index contributed by atoms with van der Waals surface area (Å²) < 4.78 is 1.66. The number of hydrogen-bond donors (Lipinski definition) is 2. The zero-order valence-electron chi connectivity index (χ0n) is 10.8. The van der Waals surface area contributed by atoms with Crippen molar-refractivity contribution in [2.75, 3.05) is 24.5 Å². The summed E-state index contributed by atoms with van der Waals surface area (Å²) in [5.74, 6) is -0.0565. The van der Waals surface area contributed by atoms with E-state index in [1.54, 1.807) is 22.0 Å². The van der Waals surface area contributed by atoms with Gasteiger partial charge in [0.15, 0.2) is 0 Å². The number of rotatable bonds is 3. The van der Waals surface area contributed by atoms with Crippen LogP contribution >= 0.6 is 0 Å². The molecule has 7 nitrogen and oxygen atoms in total. The molecular weight excluding hydrogens is 246 g/mol. The predicted octanol–water partition coefficient (Wildman–Crippen LogP) is -1.14. The highest BCUT2D eigenvalue weighted by molar-refractivity contribution is 6.01. The molecule has 0 aliphatic carbocycles. The summed E-state index contributed by atoms with van der Waals surface area (Å²) in [4.78, 5) is 25.8. The summed E-state index contributed by atoms with van der Waals surface area (Å²) in [5, 5.41) is 9.95. The molecule has 19 heavy (non-hydrogen) atoms. The molecule has 3 heterocycles. The van der Waals surface area contributed by atoms with E-state index in [4.69, 9.17) is 0 Å². The number of aromatic nitrogens is 2. The third-order valence-electron chi connectivity index (χ3n) is 3.68. The quantitative estimate of drug-likeness (QED) is 0.722. The summed E-state index contributed by atoms with van der Waals surface area (Å²) in [6.07, 6.45) is 4.12. The van der Waals surface area contributed by atoms with Crippen molar-refractivity contribution in [2.45, 2.75) is 12.5 Å². The Morgan fingerprint density at radius 1 is 1.53 bits per heavy atom. The number of carbonyl (C=O) groups is 2. The van der Waals surface area contributed by atoms with Crippen molar-refractivity contribution in [3.05, 3.63) is 12.4 Å². The second-order valence-electron chi connectivity index (χ2n) is 5.07. The lowest BCUT2D eigenvalue weighted by Crippen LogP contribution is -2.54. The highest BCUT2D eigenvalue weighted by atomic mass is 16.2. The van der Waals surface area contributed by atoms with Gasteiger partial charge in [0.05, 0.1) is 17.8 Å². The topological polar surface area (TPSA) is 79.3 Å². The highest BCUT2D eigenvalue weighted by Crippen LogP contribution is 2.21. The first kappa shape index (κ1) is 12.2. The summed E-state index contributed by atoms with van der Waals surface area (Å²) in [7, 11) is 1.81. The maximum Gasteiger partial charge on any atom is 0.249 e. The Labute approximate surface area is 110 Å². The van der Waals surface area contributed by atoms with Crippen LogP contribution in [0, 0.1) is 5.92 Å². The van der Waals surface area contributed by atoms with Crippen LogP contribution in [0.25, 0.3) is 0 Å². The van der Waals surface area contributed by atoms with Crippen LogP contribution in [0.3, 0.4) is 0 Å². The van der Waals surface area contributed by atoms with Crippen molar-refractivity contribution in [1.82, 2.24) is 20.4 Å². The van der Waals surface area contributed by atoms with Crippen LogP contribution in [0.2, 0.25) is 0 Å². The Kier molecular flexibility index (Phi) is 2.98. The molecule has 1 aromatic heterocycles. The molecule has 2 N–H and O–H groups in total. The Morgan fingerprint density at radius 3 is 2.89 bits per heavy atom. The summed E-state index contributed by atoms with van der Waals surface area (Å²) >= 11 is 0.